The van der Waals surface area contributed by atoms with Gasteiger partial charge in [-0.25, -0.2) is 8.42 Å². The molecule has 41 heavy (non-hydrogen) atoms. The molecule has 3 rings (SSSR count). The van der Waals surface area contributed by atoms with Gasteiger partial charge in [-0.15, -0.1) is 5.53 Å². The van der Waals surface area contributed by atoms with Crippen molar-refractivity contribution in [2.45, 2.75) is 66.8 Å². The monoisotopic (exact) mass is 586 g/mol. The van der Waals surface area contributed by atoms with Gasteiger partial charge in [0.25, 0.3) is 11.8 Å². The third-order valence-electron chi connectivity index (χ3n) is 6.89. The molecule has 2 amide bonds. The molecular formula is C29H42N6O5S. The number of hydrogen-bond donors (Lipinski definition) is 5. The van der Waals surface area contributed by atoms with Gasteiger partial charge in [-0.3, -0.25) is 24.7 Å². The van der Waals surface area contributed by atoms with Crippen molar-refractivity contribution in [2.75, 3.05) is 28.4 Å². The number of aryl methyl sites for hydroxylation is 1. The van der Waals surface area contributed by atoms with Crippen LogP contribution < -0.4 is 36.1 Å². The van der Waals surface area contributed by atoms with Gasteiger partial charge in [0, 0.05) is 11.6 Å². The van der Waals surface area contributed by atoms with Crippen molar-refractivity contribution in [3.63, 3.8) is 0 Å². The molecule has 1 aliphatic rings. The Balaban J connectivity index is 1.92. The standard InChI is InChI=1S/C29H42N6O5S/c1-17-11-12-19(13-24(17)35-16-23(32-34-35)27(37)30-18(2)28(3,4)5)26(36)31-21-14-20(29(6,7)8)15-22(25(21)40-9)33-41(10,38)39/h11-16,18,32-34H,1-10H3,(H,30,37)(H,31,36)/t18-/m1/s1. The minimum atomic E-state index is -3.61. The smallest absolute Gasteiger partial charge is 0.270 e. The molecule has 2 aromatic carbocycles. The van der Waals surface area contributed by atoms with Gasteiger partial charge >= 0.3 is 0 Å². The predicted molar refractivity (Wildman–Crippen MR) is 163 cm³/mol. The Morgan fingerprint density at radius 3 is 2.20 bits per heavy atom. The fourth-order valence-electron chi connectivity index (χ4n) is 3.90. The first kappa shape index (κ1) is 31.8. The quantitative estimate of drug-likeness (QED) is 0.311. The van der Waals surface area contributed by atoms with Crippen LogP contribution in [0.25, 0.3) is 0 Å². The number of ether oxygens (including phenoxy) is 1. The molecule has 5 N–H and O–H groups in total. The number of amides is 2. The van der Waals surface area contributed by atoms with Crippen LogP contribution in [-0.2, 0) is 20.2 Å². The van der Waals surface area contributed by atoms with E-state index >= 15 is 0 Å². The van der Waals surface area contributed by atoms with Crippen molar-refractivity contribution in [2.24, 2.45) is 5.41 Å². The first-order chi connectivity index (χ1) is 18.8. The number of hydrazine groups is 2. The number of sulfonamides is 1. The molecule has 1 aliphatic heterocycles. The lowest BCUT2D eigenvalue weighted by atomic mass is 9.86. The number of rotatable bonds is 8. The van der Waals surface area contributed by atoms with Gasteiger partial charge in [0.05, 0.1) is 36.6 Å². The van der Waals surface area contributed by atoms with Crippen molar-refractivity contribution in [1.29, 1.82) is 0 Å². The van der Waals surface area contributed by atoms with E-state index in [4.69, 9.17) is 4.74 Å². The zero-order chi connectivity index (χ0) is 30.9. The average Bonchev–Trinajstić information content (AvgIpc) is 3.32. The summed E-state index contributed by atoms with van der Waals surface area (Å²) in [4.78, 5) is 26.3. The molecule has 1 atom stereocenters. The molecule has 0 saturated carbocycles. The SMILES string of the molecule is COc1c(NC(=O)c2ccc(C)c(N3C=C(C(=O)N[C@H](C)C(C)(C)C)NN3)c2)cc(C(C)(C)C)cc1NS(C)(=O)=O. The van der Waals surface area contributed by atoms with Crippen LogP contribution in [0.5, 0.6) is 5.75 Å². The van der Waals surface area contributed by atoms with Gasteiger partial charge in [0.15, 0.2) is 5.75 Å². The van der Waals surface area contributed by atoms with E-state index < -0.39 is 15.9 Å². The van der Waals surface area contributed by atoms with E-state index in [1.807, 2.05) is 34.6 Å². The van der Waals surface area contributed by atoms with Gasteiger partial charge in [0.2, 0.25) is 10.0 Å². The first-order valence-electron chi connectivity index (χ1n) is 13.3. The van der Waals surface area contributed by atoms with Crippen molar-refractivity contribution in [1.82, 2.24) is 16.3 Å². The van der Waals surface area contributed by atoms with E-state index in [9.17, 15) is 18.0 Å². The molecule has 0 fully saturated rings. The molecule has 2 aromatic rings. The highest BCUT2D eigenvalue weighted by atomic mass is 32.2. The lowest BCUT2D eigenvalue weighted by molar-refractivity contribution is -0.119. The molecule has 12 heteroatoms. The van der Waals surface area contributed by atoms with Crippen molar-refractivity contribution < 1.29 is 22.7 Å². The van der Waals surface area contributed by atoms with E-state index in [1.165, 1.54) is 7.11 Å². The minimum Gasteiger partial charge on any atom is -0.492 e. The lowest BCUT2D eigenvalue weighted by Crippen LogP contribution is -2.45. The van der Waals surface area contributed by atoms with E-state index in [2.05, 4.69) is 47.1 Å². The fourth-order valence-corrected chi connectivity index (χ4v) is 4.46. The molecule has 1 heterocycles. The van der Waals surface area contributed by atoms with Crippen molar-refractivity contribution >= 4 is 38.9 Å². The maximum absolute atomic E-state index is 13.5. The van der Waals surface area contributed by atoms with E-state index in [1.54, 1.807) is 41.5 Å². The molecule has 0 spiro atoms. The van der Waals surface area contributed by atoms with Crippen LogP contribution >= 0.6 is 0 Å². The number of anilines is 3. The Morgan fingerprint density at radius 2 is 1.63 bits per heavy atom. The second-order valence-corrected chi connectivity index (χ2v) is 14.1. The maximum atomic E-state index is 13.5. The van der Waals surface area contributed by atoms with Crippen LogP contribution in [0.15, 0.2) is 42.2 Å². The zero-order valence-corrected chi connectivity index (χ0v) is 26.3. The van der Waals surface area contributed by atoms with Crippen LogP contribution in [0.4, 0.5) is 17.1 Å². The molecule has 0 aromatic heterocycles. The Labute approximate surface area is 243 Å². The maximum Gasteiger partial charge on any atom is 0.270 e. The summed E-state index contributed by atoms with van der Waals surface area (Å²) in [6.45, 7) is 16.0. The number of methoxy groups -OCH3 is 1. The highest BCUT2D eigenvalue weighted by molar-refractivity contribution is 7.92. The summed E-state index contributed by atoms with van der Waals surface area (Å²) in [5.74, 6) is -0.482. The number of nitrogens with zero attached hydrogens (tertiary/aromatic N) is 1. The first-order valence-corrected chi connectivity index (χ1v) is 15.1. The highest BCUT2D eigenvalue weighted by Crippen LogP contribution is 2.39. The van der Waals surface area contributed by atoms with Gasteiger partial charge < -0.3 is 15.4 Å². The number of benzene rings is 2. The third-order valence-corrected chi connectivity index (χ3v) is 7.48. The van der Waals surface area contributed by atoms with Crippen molar-refractivity contribution in [3.8, 4) is 5.75 Å². The van der Waals surface area contributed by atoms with E-state index in [0.717, 1.165) is 17.4 Å². The number of nitrogens with one attached hydrogen (secondary N) is 5. The lowest BCUT2D eigenvalue weighted by Gasteiger charge is -2.28. The Hall–Kier alpha value is -3.77. The fraction of sp³-hybridized carbons (Fsp3) is 0.448. The van der Waals surface area contributed by atoms with E-state index in [0.29, 0.717) is 22.6 Å². The second-order valence-electron chi connectivity index (χ2n) is 12.4. The molecule has 0 bridgehead atoms. The van der Waals surface area contributed by atoms with Gasteiger partial charge in [-0.1, -0.05) is 47.6 Å². The Bertz CT molecular complexity index is 1470. The van der Waals surface area contributed by atoms with Gasteiger partial charge in [0.1, 0.15) is 5.70 Å². The zero-order valence-electron chi connectivity index (χ0n) is 25.4. The molecule has 0 radical (unpaired) electrons. The second kappa shape index (κ2) is 11.6. The molecule has 0 saturated heterocycles. The van der Waals surface area contributed by atoms with Gasteiger partial charge in [-0.2, -0.15) is 0 Å². The summed E-state index contributed by atoms with van der Waals surface area (Å²) in [5, 5.41) is 7.51. The summed E-state index contributed by atoms with van der Waals surface area (Å²) in [7, 11) is -2.20. The largest absolute Gasteiger partial charge is 0.492 e. The summed E-state index contributed by atoms with van der Waals surface area (Å²) in [6, 6.07) is 8.62. The minimum absolute atomic E-state index is 0.0533. The van der Waals surface area contributed by atoms with Crippen LogP contribution in [0.3, 0.4) is 0 Å². The third kappa shape index (κ3) is 7.92. The predicted octanol–water partition coefficient (Wildman–Crippen LogP) is 4.15. The number of hydrogen-bond acceptors (Lipinski definition) is 8. The van der Waals surface area contributed by atoms with Crippen molar-refractivity contribution in [3.05, 3.63) is 58.9 Å². The Kier molecular flexibility index (Phi) is 8.99. The van der Waals surface area contributed by atoms with Crippen LogP contribution in [0.2, 0.25) is 0 Å². The molecular weight excluding hydrogens is 544 g/mol. The normalized spacial score (nSPS) is 14.6. The average molecular weight is 587 g/mol. The molecule has 11 nitrogen and oxygen atoms in total. The number of carbonyl (C=O) groups excluding carboxylic acids is 2. The number of carbonyl (C=O) groups is 2. The van der Waals surface area contributed by atoms with E-state index in [-0.39, 0.29) is 34.2 Å². The van der Waals surface area contributed by atoms with Crippen LogP contribution in [-0.4, -0.2) is 39.6 Å². The summed E-state index contributed by atoms with van der Waals surface area (Å²) < 4.78 is 32.1. The molecule has 0 unspecified atom stereocenters. The summed E-state index contributed by atoms with van der Waals surface area (Å²) >= 11 is 0. The molecule has 224 valence electrons. The van der Waals surface area contributed by atoms with Gasteiger partial charge in [-0.05, 0) is 60.1 Å². The summed E-state index contributed by atoms with van der Waals surface area (Å²) in [6.07, 6.45) is 2.69. The topological polar surface area (TPSA) is 141 Å². The van der Waals surface area contributed by atoms with Crippen LogP contribution in [0.1, 0.15) is 70.0 Å². The Morgan fingerprint density at radius 1 is 1.00 bits per heavy atom. The highest BCUT2D eigenvalue weighted by Gasteiger charge is 2.27. The molecule has 0 aliphatic carbocycles. The summed E-state index contributed by atoms with van der Waals surface area (Å²) in [5.41, 5.74) is 8.97. The van der Waals surface area contributed by atoms with Crippen LogP contribution in [0, 0.1) is 12.3 Å².